The summed E-state index contributed by atoms with van der Waals surface area (Å²) in [6.07, 6.45) is 4.69. The van der Waals surface area contributed by atoms with E-state index in [-0.39, 0.29) is 5.82 Å². The lowest BCUT2D eigenvalue weighted by Gasteiger charge is -2.27. The summed E-state index contributed by atoms with van der Waals surface area (Å²) < 4.78 is 13.2. The summed E-state index contributed by atoms with van der Waals surface area (Å²) >= 11 is 0. The van der Waals surface area contributed by atoms with Crippen molar-refractivity contribution in [1.29, 1.82) is 5.26 Å². The van der Waals surface area contributed by atoms with Gasteiger partial charge in [0.15, 0.2) is 0 Å². The molecule has 90 valence electrons. The first kappa shape index (κ1) is 11.9. The largest absolute Gasteiger partial charge is 0.382 e. The minimum atomic E-state index is -0.351. The molecule has 0 bridgehead atoms. The Morgan fingerprint density at radius 1 is 1.24 bits per heavy atom. The highest BCUT2D eigenvalue weighted by Crippen LogP contribution is 2.26. The van der Waals surface area contributed by atoms with Crippen molar-refractivity contribution in [2.75, 3.05) is 5.32 Å². The van der Waals surface area contributed by atoms with Crippen LogP contribution >= 0.6 is 0 Å². The van der Waals surface area contributed by atoms with Crippen LogP contribution in [0.25, 0.3) is 0 Å². The van der Waals surface area contributed by atoms with E-state index in [1.165, 1.54) is 25.0 Å². The van der Waals surface area contributed by atoms with E-state index in [0.29, 0.717) is 11.6 Å². The summed E-state index contributed by atoms with van der Waals surface area (Å²) in [4.78, 5) is 0. The van der Waals surface area contributed by atoms with E-state index in [2.05, 4.69) is 12.2 Å². The first-order valence-corrected chi connectivity index (χ1v) is 6.14. The van der Waals surface area contributed by atoms with Gasteiger partial charge >= 0.3 is 0 Å². The predicted octanol–water partition coefficient (Wildman–Crippen LogP) is 3.69. The third-order valence-electron chi connectivity index (χ3n) is 3.41. The molecule has 2 rings (SSSR count). The fourth-order valence-electron chi connectivity index (χ4n) is 2.38. The van der Waals surface area contributed by atoms with Gasteiger partial charge in [0.2, 0.25) is 0 Å². The van der Waals surface area contributed by atoms with Crippen molar-refractivity contribution < 1.29 is 4.39 Å². The Bertz CT molecular complexity index is 428. The van der Waals surface area contributed by atoms with Crippen LogP contribution in [0.3, 0.4) is 0 Å². The maximum atomic E-state index is 13.2. The first-order valence-electron chi connectivity index (χ1n) is 6.14. The van der Waals surface area contributed by atoms with E-state index in [9.17, 15) is 4.39 Å². The van der Waals surface area contributed by atoms with Crippen LogP contribution in [0.4, 0.5) is 10.1 Å². The maximum Gasteiger partial charge on any atom is 0.126 e. The van der Waals surface area contributed by atoms with Crippen molar-refractivity contribution in [1.82, 2.24) is 0 Å². The molecule has 0 spiro atoms. The van der Waals surface area contributed by atoms with Crippen LogP contribution in [-0.2, 0) is 0 Å². The lowest BCUT2D eigenvalue weighted by Crippen LogP contribution is -2.25. The zero-order chi connectivity index (χ0) is 12.3. The second-order valence-electron chi connectivity index (χ2n) is 4.94. The number of benzene rings is 1. The molecule has 1 fully saturated rings. The minimum absolute atomic E-state index is 0.351. The van der Waals surface area contributed by atoms with Gasteiger partial charge < -0.3 is 5.32 Å². The molecule has 1 aromatic rings. The third-order valence-corrected chi connectivity index (χ3v) is 3.41. The quantitative estimate of drug-likeness (QED) is 0.844. The highest BCUT2D eigenvalue weighted by atomic mass is 19.1. The van der Waals surface area contributed by atoms with Crippen molar-refractivity contribution in [3.63, 3.8) is 0 Å². The van der Waals surface area contributed by atoms with Crippen LogP contribution in [0.1, 0.15) is 38.2 Å². The molecule has 0 radical (unpaired) electrons. The Kier molecular flexibility index (Phi) is 3.63. The first-order chi connectivity index (χ1) is 8.17. The van der Waals surface area contributed by atoms with Crippen LogP contribution in [0.5, 0.6) is 0 Å². The van der Waals surface area contributed by atoms with Gasteiger partial charge in [-0.1, -0.05) is 6.92 Å². The molecule has 0 atom stereocenters. The maximum absolute atomic E-state index is 13.2. The van der Waals surface area contributed by atoms with Crippen LogP contribution in [0.15, 0.2) is 18.2 Å². The number of rotatable bonds is 2. The van der Waals surface area contributed by atoms with Gasteiger partial charge in [-0.25, -0.2) is 4.39 Å². The SMILES string of the molecule is CC1CCC(Nc2cc(F)cc(C#N)c2)CC1. The molecular weight excluding hydrogens is 215 g/mol. The summed E-state index contributed by atoms with van der Waals surface area (Å²) in [7, 11) is 0. The number of nitriles is 1. The number of anilines is 1. The zero-order valence-electron chi connectivity index (χ0n) is 10.0. The van der Waals surface area contributed by atoms with Crippen molar-refractivity contribution in [2.24, 2.45) is 5.92 Å². The van der Waals surface area contributed by atoms with Gasteiger partial charge in [0, 0.05) is 11.7 Å². The van der Waals surface area contributed by atoms with Crippen LogP contribution in [0.2, 0.25) is 0 Å². The smallest absolute Gasteiger partial charge is 0.126 e. The fourth-order valence-corrected chi connectivity index (χ4v) is 2.38. The van der Waals surface area contributed by atoms with E-state index >= 15 is 0 Å². The second kappa shape index (κ2) is 5.18. The van der Waals surface area contributed by atoms with E-state index in [4.69, 9.17) is 5.26 Å². The highest BCUT2D eigenvalue weighted by Gasteiger charge is 2.18. The number of halogens is 1. The van der Waals surface area contributed by atoms with Crippen LogP contribution < -0.4 is 5.32 Å². The Morgan fingerprint density at radius 2 is 1.94 bits per heavy atom. The Balaban J connectivity index is 2.03. The summed E-state index contributed by atoms with van der Waals surface area (Å²) in [5.74, 6) is 0.450. The number of nitrogens with one attached hydrogen (secondary N) is 1. The molecule has 0 unspecified atom stereocenters. The summed E-state index contributed by atoms with van der Waals surface area (Å²) in [5, 5.41) is 12.1. The minimum Gasteiger partial charge on any atom is -0.382 e. The monoisotopic (exact) mass is 232 g/mol. The molecule has 1 aliphatic carbocycles. The zero-order valence-corrected chi connectivity index (χ0v) is 10.0. The fraction of sp³-hybridized carbons (Fsp3) is 0.500. The second-order valence-corrected chi connectivity index (χ2v) is 4.94. The van der Waals surface area contributed by atoms with Gasteiger partial charge in [0.1, 0.15) is 5.82 Å². The van der Waals surface area contributed by atoms with Gasteiger partial charge in [-0.3, -0.25) is 0 Å². The lowest BCUT2D eigenvalue weighted by atomic mass is 9.87. The van der Waals surface area contributed by atoms with Gasteiger partial charge in [0.25, 0.3) is 0 Å². The summed E-state index contributed by atoms with van der Waals surface area (Å²) in [5.41, 5.74) is 1.10. The van der Waals surface area contributed by atoms with Gasteiger partial charge in [-0.05, 0) is 49.8 Å². The molecule has 0 amide bonds. The Labute approximate surface area is 101 Å². The van der Waals surface area contributed by atoms with Gasteiger partial charge in [-0.15, -0.1) is 0 Å². The molecular formula is C14H17FN2. The van der Waals surface area contributed by atoms with E-state index in [0.717, 1.165) is 24.4 Å². The Hall–Kier alpha value is -1.56. The van der Waals surface area contributed by atoms with E-state index in [1.807, 2.05) is 6.07 Å². The molecule has 3 heteroatoms. The molecule has 1 aromatic carbocycles. The van der Waals surface area contributed by atoms with E-state index < -0.39 is 0 Å². The molecule has 1 N–H and O–H groups in total. The molecule has 0 aromatic heterocycles. The number of hydrogen-bond acceptors (Lipinski definition) is 2. The number of hydrogen-bond donors (Lipinski definition) is 1. The van der Waals surface area contributed by atoms with Crippen LogP contribution in [0, 0.1) is 23.1 Å². The third kappa shape index (κ3) is 3.20. The van der Waals surface area contributed by atoms with Crippen molar-refractivity contribution >= 4 is 5.69 Å². The molecule has 0 aliphatic heterocycles. The predicted molar refractivity (Wildman–Crippen MR) is 66.2 cm³/mol. The molecule has 2 nitrogen and oxygen atoms in total. The van der Waals surface area contributed by atoms with Crippen molar-refractivity contribution in [2.45, 2.75) is 38.6 Å². The van der Waals surface area contributed by atoms with Gasteiger partial charge in [-0.2, -0.15) is 5.26 Å². The average molecular weight is 232 g/mol. The van der Waals surface area contributed by atoms with Gasteiger partial charge in [0.05, 0.1) is 11.6 Å². The molecule has 0 saturated heterocycles. The average Bonchev–Trinajstić information content (AvgIpc) is 2.31. The molecule has 1 aliphatic rings. The lowest BCUT2D eigenvalue weighted by molar-refractivity contribution is 0.361. The van der Waals surface area contributed by atoms with Crippen LogP contribution in [-0.4, -0.2) is 6.04 Å². The Morgan fingerprint density at radius 3 is 2.59 bits per heavy atom. The van der Waals surface area contributed by atoms with E-state index in [1.54, 1.807) is 6.07 Å². The van der Waals surface area contributed by atoms with Crippen molar-refractivity contribution in [3.8, 4) is 6.07 Å². The normalized spacial score (nSPS) is 24.1. The number of nitrogens with zero attached hydrogens (tertiary/aromatic N) is 1. The highest BCUT2D eigenvalue weighted by molar-refractivity contribution is 5.50. The summed E-state index contributed by atoms with van der Waals surface area (Å²) in [6.45, 7) is 2.27. The molecule has 17 heavy (non-hydrogen) atoms. The molecule has 1 saturated carbocycles. The molecule has 0 heterocycles. The standard InChI is InChI=1S/C14H17FN2/c1-10-2-4-13(5-3-10)17-14-7-11(9-16)6-12(15)8-14/h6-8,10,13,17H,2-5H2,1H3. The summed E-state index contributed by atoms with van der Waals surface area (Å²) in [6, 6.07) is 6.81. The topological polar surface area (TPSA) is 35.8 Å². The van der Waals surface area contributed by atoms with Crippen molar-refractivity contribution in [3.05, 3.63) is 29.6 Å².